The van der Waals surface area contributed by atoms with Gasteiger partial charge in [0.25, 0.3) is 11.8 Å². The lowest BCUT2D eigenvalue weighted by molar-refractivity contribution is -0.120. The van der Waals surface area contributed by atoms with Gasteiger partial charge in [-0.05, 0) is 24.3 Å². The van der Waals surface area contributed by atoms with Crippen LogP contribution in [0.3, 0.4) is 0 Å². The Kier molecular flexibility index (Phi) is 2.61. The summed E-state index contributed by atoms with van der Waals surface area (Å²) in [5, 5.41) is 8.50. The molecule has 0 unspecified atom stereocenters. The molecule has 0 spiro atoms. The molecular weight excluding hydrogens is 253 g/mol. The number of amides is 2. The van der Waals surface area contributed by atoms with Gasteiger partial charge < -0.3 is 5.11 Å². The van der Waals surface area contributed by atoms with Gasteiger partial charge in [-0.15, -0.1) is 0 Å². The third kappa shape index (κ3) is 1.56. The second-order valence-electron chi connectivity index (χ2n) is 3.09. The van der Waals surface area contributed by atoms with Gasteiger partial charge in [-0.1, -0.05) is 23.2 Å². The molecule has 16 heavy (non-hydrogen) atoms. The zero-order chi connectivity index (χ0) is 11.9. The molecule has 0 aromatic heterocycles. The van der Waals surface area contributed by atoms with E-state index in [1.807, 2.05) is 0 Å². The minimum absolute atomic E-state index is 0.0352. The number of anilines is 1. The first-order chi connectivity index (χ1) is 7.52. The Hall–Kier alpha value is -1.52. The van der Waals surface area contributed by atoms with Gasteiger partial charge in [-0.3, -0.25) is 9.59 Å². The van der Waals surface area contributed by atoms with Crippen LogP contribution in [-0.4, -0.2) is 16.9 Å². The minimum atomic E-state index is -0.664. The average Bonchev–Trinajstić information content (AvgIpc) is 2.46. The molecule has 82 valence electrons. The highest BCUT2D eigenvalue weighted by atomic mass is 35.5. The third-order valence-electron chi connectivity index (χ3n) is 2.08. The highest BCUT2D eigenvalue weighted by Crippen LogP contribution is 2.31. The summed E-state index contributed by atoms with van der Waals surface area (Å²) in [6.07, 6.45) is 0. The fourth-order valence-corrected chi connectivity index (χ4v) is 1.64. The first kappa shape index (κ1) is 11.0. The van der Waals surface area contributed by atoms with E-state index in [0.29, 0.717) is 5.69 Å². The van der Waals surface area contributed by atoms with Crippen LogP contribution in [0, 0.1) is 0 Å². The number of rotatable bonds is 1. The Labute approximate surface area is 101 Å². The van der Waals surface area contributed by atoms with E-state index in [1.165, 1.54) is 24.3 Å². The Morgan fingerprint density at radius 2 is 1.38 bits per heavy atom. The van der Waals surface area contributed by atoms with Crippen LogP contribution in [0.2, 0.25) is 0 Å². The predicted molar refractivity (Wildman–Crippen MR) is 59.3 cm³/mol. The van der Waals surface area contributed by atoms with Crippen molar-refractivity contribution in [1.29, 1.82) is 0 Å². The molecule has 0 saturated heterocycles. The highest BCUT2D eigenvalue weighted by Gasteiger charge is 2.37. The number of carbonyl (C=O) groups excluding carboxylic acids is 2. The standard InChI is InChI=1S/C10H5Cl2NO3/c11-7-8(12)10(16)13(9(7)15)5-1-3-6(14)4-2-5/h1-4,14H. The normalized spacial score (nSPS) is 16.2. The Morgan fingerprint density at radius 3 is 1.81 bits per heavy atom. The number of phenolic OH excluding ortho intramolecular Hbond substituents is 1. The van der Waals surface area contributed by atoms with Crippen LogP contribution in [0.4, 0.5) is 5.69 Å². The number of benzene rings is 1. The molecule has 1 heterocycles. The van der Waals surface area contributed by atoms with Crippen molar-refractivity contribution in [1.82, 2.24) is 0 Å². The summed E-state index contributed by atoms with van der Waals surface area (Å²) in [5.41, 5.74) is 0.307. The lowest BCUT2D eigenvalue weighted by atomic mass is 10.3. The van der Waals surface area contributed by atoms with Gasteiger partial charge in [0.2, 0.25) is 0 Å². The zero-order valence-electron chi connectivity index (χ0n) is 7.78. The molecule has 2 rings (SSSR count). The topological polar surface area (TPSA) is 57.6 Å². The highest BCUT2D eigenvalue weighted by molar-refractivity contribution is 6.62. The van der Waals surface area contributed by atoms with Crippen molar-refractivity contribution in [2.45, 2.75) is 0 Å². The first-order valence-electron chi connectivity index (χ1n) is 4.25. The quantitative estimate of drug-likeness (QED) is 0.783. The van der Waals surface area contributed by atoms with Crippen molar-refractivity contribution in [2.75, 3.05) is 4.90 Å². The first-order valence-corrected chi connectivity index (χ1v) is 5.01. The number of phenols is 1. The number of imide groups is 1. The zero-order valence-corrected chi connectivity index (χ0v) is 9.29. The maximum absolute atomic E-state index is 11.6. The second kappa shape index (κ2) is 3.81. The lowest BCUT2D eigenvalue weighted by Gasteiger charge is -2.13. The summed E-state index contributed by atoms with van der Waals surface area (Å²) in [6, 6.07) is 5.56. The van der Waals surface area contributed by atoms with Gasteiger partial charge in [-0.25, -0.2) is 4.90 Å². The number of aromatic hydroxyl groups is 1. The van der Waals surface area contributed by atoms with E-state index in [1.54, 1.807) is 0 Å². The van der Waals surface area contributed by atoms with Gasteiger partial charge in [0.1, 0.15) is 15.8 Å². The number of hydrogen-bond acceptors (Lipinski definition) is 3. The number of hydrogen-bond donors (Lipinski definition) is 1. The molecule has 4 nitrogen and oxygen atoms in total. The summed E-state index contributed by atoms with van der Waals surface area (Å²) >= 11 is 11.1. The molecule has 1 aromatic rings. The van der Waals surface area contributed by atoms with E-state index in [0.717, 1.165) is 4.90 Å². The summed E-state index contributed by atoms with van der Waals surface area (Å²) in [4.78, 5) is 24.0. The molecule has 2 amide bonds. The van der Waals surface area contributed by atoms with Gasteiger partial charge in [-0.2, -0.15) is 0 Å². The van der Waals surface area contributed by atoms with E-state index >= 15 is 0 Å². The maximum atomic E-state index is 11.6. The molecule has 0 atom stereocenters. The van der Waals surface area contributed by atoms with E-state index in [2.05, 4.69) is 0 Å². The van der Waals surface area contributed by atoms with Crippen LogP contribution in [0.1, 0.15) is 0 Å². The molecule has 0 radical (unpaired) electrons. The maximum Gasteiger partial charge on any atom is 0.278 e. The van der Waals surface area contributed by atoms with Crippen molar-refractivity contribution in [3.63, 3.8) is 0 Å². The number of halogens is 2. The smallest absolute Gasteiger partial charge is 0.278 e. The average molecular weight is 258 g/mol. The van der Waals surface area contributed by atoms with E-state index < -0.39 is 11.8 Å². The van der Waals surface area contributed by atoms with E-state index in [4.69, 9.17) is 28.3 Å². The lowest BCUT2D eigenvalue weighted by Crippen LogP contribution is -2.30. The second-order valence-corrected chi connectivity index (χ2v) is 3.85. The van der Waals surface area contributed by atoms with Crippen molar-refractivity contribution < 1.29 is 14.7 Å². The van der Waals surface area contributed by atoms with Gasteiger partial charge in [0.15, 0.2) is 0 Å². The number of nitrogens with zero attached hydrogens (tertiary/aromatic N) is 1. The van der Waals surface area contributed by atoms with E-state index in [-0.39, 0.29) is 15.8 Å². The minimum Gasteiger partial charge on any atom is -0.508 e. The van der Waals surface area contributed by atoms with Crippen molar-refractivity contribution in [2.24, 2.45) is 0 Å². The van der Waals surface area contributed by atoms with Gasteiger partial charge in [0, 0.05) is 0 Å². The molecule has 1 aliphatic heterocycles. The van der Waals surface area contributed by atoms with Crippen LogP contribution in [0.5, 0.6) is 5.75 Å². The Balaban J connectivity index is 2.42. The monoisotopic (exact) mass is 257 g/mol. The SMILES string of the molecule is O=C1C(Cl)=C(Cl)C(=O)N1c1ccc(O)cc1. The molecular formula is C10H5Cl2NO3. The van der Waals surface area contributed by atoms with Gasteiger partial charge >= 0.3 is 0 Å². The summed E-state index contributed by atoms with van der Waals surface area (Å²) in [6.45, 7) is 0. The Bertz CT molecular complexity index is 483. The molecule has 0 saturated carbocycles. The molecule has 1 aromatic carbocycles. The fraction of sp³-hybridized carbons (Fsp3) is 0. The van der Waals surface area contributed by atoms with Crippen molar-refractivity contribution in [3.8, 4) is 5.75 Å². The predicted octanol–water partition coefficient (Wildman–Crippen LogP) is 1.95. The van der Waals surface area contributed by atoms with Gasteiger partial charge in [0.05, 0.1) is 5.69 Å². The summed E-state index contributed by atoms with van der Waals surface area (Å²) < 4.78 is 0. The molecule has 0 aliphatic carbocycles. The van der Waals surface area contributed by atoms with Crippen LogP contribution >= 0.6 is 23.2 Å². The molecule has 0 bridgehead atoms. The summed E-state index contributed by atoms with van der Waals surface area (Å²) in [7, 11) is 0. The third-order valence-corrected chi connectivity index (χ3v) is 2.88. The van der Waals surface area contributed by atoms with Crippen LogP contribution < -0.4 is 4.90 Å². The molecule has 0 fully saturated rings. The largest absolute Gasteiger partial charge is 0.508 e. The van der Waals surface area contributed by atoms with Crippen LogP contribution in [-0.2, 0) is 9.59 Å². The number of carbonyl (C=O) groups is 2. The molecule has 1 aliphatic rings. The van der Waals surface area contributed by atoms with E-state index in [9.17, 15) is 9.59 Å². The fourth-order valence-electron chi connectivity index (χ4n) is 1.31. The molecule has 6 heteroatoms. The molecule has 1 N–H and O–H groups in total. The van der Waals surface area contributed by atoms with Crippen molar-refractivity contribution >= 4 is 40.7 Å². The van der Waals surface area contributed by atoms with Crippen LogP contribution in [0.15, 0.2) is 34.3 Å². The Morgan fingerprint density at radius 1 is 0.938 bits per heavy atom. The van der Waals surface area contributed by atoms with Crippen LogP contribution in [0.25, 0.3) is 0 Å². The summed E-state index contributed by atoms with van der Waals surface area (Å²) in [5.74, 6) is -1.29. The van der Waals surface area contributed by atoms with Crippen molar-refractivity contribution in [3.05, 3.63) is 34.3 Å².